The summed E-state index contributed by atoms with van der Waals surface area (Å²) in [6, 6.07) is 2.73. The lowest BCUT2D eigenvalue weighted by atomic mass is 10.3. The molecule has 4 N–H and O–H groups in total. The number of nitrogen functional groups attached to an aromatic ring is 1. The zero-order valence-electron chi connectivity index (χ0n) is 11.0. The van der Waals surface area contributed by atoms with Gasteiger partial charge in [0.05, 0.1) is 11.0 Å². The fourth-order valence-corrected chi connectivity index (χ4v) is 3.13. The van der Waals surface area contributed by atoms with Crippen LogP contribution in [0.15, 0.2) is 35.5 Å². The van der Waals surface area contributed by atoms with Crippen LogP contribution in [0.1, 0.15) is 18.8 Å². The summed E-state index contributed by atoms with van der Waals surface area (Å²) in [4.78, 5) is 16.4. The lowest BCUT2D eigenvalue weighted by Gasteiger charge is -2.12. The number of H-pyrrole nitrogens is 1. The molecule has 0 amide bonds. The highest BCUT2D eigenvalue weighted by atomic mass is 32.2. The van der Waals surface area contributed by atoms with E-state index in [1.807, 2.05) is 0 Å². The van der Waals surface area contributed by atoms with Crippen LogP contribution in [0.25, 0.3) is 0 Å². The Morgan fingerprint density at radius 3 is 2.76 bits per heavy atom. The van der Waals surface area contributed by atoms with E-state index in [1.54, 1.807) is 13.1 Å². The maximum atomic E-state index is 12.3. The molecule has 0 spiro atoms. The predicted molar refractivity (Wildman–Crippen MR) is 74.8 cm³/mol. The van der Waals surface area contributed by atoms with E-state index < -0.39 is 31.6 Å². The molecule has 0 aliphatic rings. The van der Waals surface area contributed by atoms with E-state index in [4.69, 9.17) is 5.73 Å². The van der Waals surface area contributed by atoms with Crippen LogP contribution < -0.4 is 10.5 Å². The first-order chi connectivity index (χ1) is 9.81. The van der Waals surface area contributed by atoms with Gasteiger partial charge in [-0.3, -0.25) is 10.1 Å². The van der Waals surface area contributed by atoms with Crippen molar-refractivity contribution in [2.75, 3.05) is 5.73 Å². The van der Waals surface area contributed by atoms with Gasteiger partial charge in [-0.15, -0.1) is 0 Å². The summed E-state index contributed by atoms with van der Waals surface area (Å²) in [6.07, 6.45) is 3.03. The molecule has 0 aliphatic carbocycles. The molecule has 1 aromatic heterocycles. The Hall–Kier alpha value is -2.46. The molecule has 0 saturated heterocycles. The second-order valence-corrected chi connectivity index (χ2v) is 5.98. The van der Waals surface area contributed by atoms with E-state index >= 15 is 0 Å². The monoisotopic (exact) mass is 311 g/mol. The van der Waals surface area contributed by atoms with Gasteiger partial charge in [-0.05, 0) is 19.1 Å². The first-order valence-corrected chi connectivity index (χ1v) is 7.35. The molecule has 0 fully saturated rings. The number of rotatable bonds is 5. The number of nitro benzene ring substituents is 1. The Morgan fingerprint density at radius 1 is 1.48 bits per heavy atom. The first-order valence-electron chi connectivity index (χ1n) is 5.87. The van der Waals surface area contributed by atoms with Crippen LogP contribution in [-0.2, 0) is 10.0 Å². The highest BCUT2D eigenvalue weighted by molar-refractivity contribution is 7.89. The van der Waals surface area contributed by atoms with Crippen molar-refractivity contribution in [1.29, 1.82) is 0 Å². The smallest absolute Gasteiger partial charge is 0.291 e. The maximum Gasteiger partial charge on any atom is 0.291 e. The van der Waals surface area contributed by atoms with Gasteiger partial charge in [-0.2, -0.15) is 0 Å². The number of nitrogens with zero attached hydrogens (tertiary/aromatic N) is 2. The average Bonchev–Trinajstić information content (AvgIpc) is 2.91. The van der Waals surface area contributed by atoms with Gasteiger partial charge in [0.2, 0.25) is 10.0 Å². The first kappa shape index (κ1) is 14.9. The maximum absolute atomic E-state index is 12.3. The van der Waals surface area contributed by atoms with Crippen LogP contribution >= 0.6 is 0 Å². The van der Waals surface area contributed by atoms with Gasteiger partial charge < -0.3 is 10.7 Å². The van der Waals surface area contributed by atoms with Gasteiger partial charge in [-0.1, -0.05) is 0 Å². The molecule has 9 nitrogen and oxygen atoms in total. The number of benzene rings is 1. The third-order valence-corrected chi connectivity index (χ3v) is 4.32. The number of aromatic amines is 1. The summed E-state index contributed by atoms with van der Waals surface area (Å²) in [5.74, 6) is 0.400. The fourth-order valence-electron chi connectivity index (χ4n) is 1.77. The molecule has 21 heavy (non-hydrogen) atoms. The summed E-state index contributed by atoms with van der Waals surface area (Å²) < 4.78 is 26.9. The molecule has 0 bridgehead atoms. The number of hydrogen-bond acceptors (Lipinski definition) is 6. The summed E-state index contributed by atoms with van der Waals surface area (Å²) in [5.41, 5.74) is 4.99. The minimum atomic E-state index is -4.09. The number of nitrogens with two attached hydrogens (primary N) is 1. The van der Waals surface area contributed by atoms with E-state index in [-0.39, 0.29) is 5.69 Å². The topological polar surface area (TPSA) is 144 Å². The van der Waals surface area contributed by atoms with Crippen LogP contribution in [-0.4, -0.2) is 23.3 Å². The number of nitrogens with one attached hydrogen (secondary N) is 2. The Morgan fingerprint density at radius 2 is 2.19 bits per heavy atom. The third kappa shape index (κ3) is 3.17. The van der Waals surface area contributed by atoms with Gasteiger partial charge in [0.25, 0.3) is 5.69 Å². The zero-order valence-corrected chi connectivity index (χ0v) is 11.8. The molecule has 2 aromatic rings. The van der Waals surface area contributed by atoms with Gasteiger partial charge in [0, 0.05) is 24.1 Å². The number of aromatic nitrogens is 2. The number of imidazole rings is 1. The molecule has 10 heteroatoms. The Bertz CT molecular complexity index is 757. The molecule has 0 saturated carbocycles. The molecular weight excluding hydrogens is 298 g/mol. The van der Waals surface area contributed by atoms with Crippen LogP contribution in [0.5, 0.6) is 0 Å². The van der Waals surface area contributed by atoms with Gasteiger partial charge in [0.1, 0.15) is 5.82 Å². The van der Waals surface area contributed by atoms with Crippen LogP contribution in [0.3, 0.4) is 0 Å². The number of anilines is 1. The van der Waals surface area contributed by atoms with Crippen molar-refractivity contribution in [3.63, 3.8) is 0 Å². The molecule has 112 valence electrons. The van der Waals surface area contributed by atoms with Crippen LogP contribution in [0.4, 0.5) is 11.4 Å². The standard InChI is InChI=1S/C11H13N5O4S/c1-7(11-13-4-5-14-11)15-21(19,20)10-3-2-8(12)6-9(10)16(17)18/h2-7,15H,12H2,1H3,(H,13,14). The molecule has 1 aromatic carbocycles. The average molecular weight is 311 g/mol. The number of hydrogen-bond donors (Lipinski definition) is 3. The molecule has 1 unspecified atom stereocenters. The van der Waals surface area contributed by atoms with E-state index in [2.05, 4.69) is 14.7 Å². The van der Waals surface area contributed by atoms with Crippen LogP contribution in [0, 0.1) is 10.1 Å². The van der Waals surface area contributed by atoms with Gasteiger partial charge >= 0.3 is 0 Å². The Kier molecular flexibility index (Phi) is 3.91. The van der Waals surface area contributed by atoms with Crippen molar-refractivity contribution in [2.24, 2.45) is 0 Å². The molecule has 1 heterocycles. The van der Waals surface area contributed by atoms with Crippen molar-refractivity contribution in [3.05, 3.63) is 46.5 Å². The van der Waals surface area contributed by atoms with Crippen LogP contribution in [0.2, 0.25) is 0 Å². The second kappa shape index (κ2) is 5.50. The largest absolute Gasteiger partial charge is 0.399 e. The van der Waals surface area contributed by atoms with E-state index in [0.29, 0.717) is 5.82 Å². The lowest BCUT2D eigenvalue weighted by Crippen LogP contribution is -2.28. The SMILES string of the molecule is CC(NS(=O)(=O)c1ccc(N)cc1[N+](=O)[O-])c1ncc[nH]1. The molecule has 2 rings (SSSR count). The third-order valence-electron chi connectivity index (χ3n) is 2.73. The van der Waals surface area contributed by atoms with Crippen molar-refractivity contribution >= 4 is 21.4 Å². The molecule has 0 radical (unpaired) electrons. The zero-order chi connectivity index (χ0) is 15.6. The normalized spacial score (nSPS) is 13.0. The van der Waals surface area contributed by atoms with Crippen molar-refractivity contribution < 1.29 is 13.3 Å². The minimum absolute atomic E-state index is 0.111. The predicted octanol–water partition coefficient (Wildman–Crippen LogP) is 0.940. The van der Waals surface area contributed by atoms with Gasteiger partial charge in [-0.25, -0.2) is 18.1 Å². The summed E-state index contributed by atoms with van der Waals surface area (Å²) in [7, 11) is -4.09. The molecule has 0 aliphatic heterocycles. The quantitative estimate of drug-likeness (QED) is 0.426. The summed E-state index contributed by atoms with van der Waals surface area (Å²) in [6.45, 7) is 1.57. The summed E-state index contributed by atoms with van der Waals surface area (Å²) >= 11 is 0. The van der Waals surface area contributed by atoms with E-state index in [9.17, 15) is 18.5 Å². The second-order valence-electron chi connectivity index (χ2n) is 4.30. The number of nitro groups is 1. The van der Waals surface area contributed by atoms with Gasteiger partial charge in [0.15, 0.2) is 4.90 Å². The van der Waals surface area contributed by atoms with E-state index in [1.165, 1.54) is 12.3 Å². The highest BCUT2D eigenvalue weighted by Gasteiger charge is 2.28. The lowest BCUT2D eigenvalue weighted by molar-refractivity contribution is -0.387. The molecular formula is C11H13N5O4S. The minimum Gasteiger partial charge on any atom is -0.399 e. The fraction of sp³-hybridized carbons (Fsp3) is 0.182. The summed E-state index contributed by atoms with van der Waals surface area (Å²) in [5, 5.41) is 11.0. The number of sulfonamides is 1. The van der Waals surface area contributed by atoms with Crippen molar-refractivity contribution in [2.45, 2.75) is 17.9 Å². The molecule has 1 atom stereocenters. The van der Waals surface area contributed by atoms with Crippen molar-refractivity contribution in [3.8, 4) is 0 Å². The van der Waals surface area contributed by atoms with Crippen molar-refractivity contribution in [1.82, 2.24) is 14.7 Å². The Labute approximate surface area is 120 Å². The van der Waals surface area contributed by atoms with E-state index in [0.717, 1.165) is 12.1 Å². The Balaban J connectivity index is 2.38. The highest BCUT2D eigenvalue weighted by Crippen LogP contribution is 2.26.